The largest absolute Gasteiger partial charge is 0.495 e. The third-order valence-electron chi connectivity index (χ3n) is 4.80. The molecule has 0 atom stereocenters. The summed E-state index contributed by atoms with van der Waals surface area (Å²) in [4.78, 5) is 19.0. The summed E-state index contributed by atoms with van der Waals surface area (Å²) >= 11 is 0. The minimum atomic E-state index is -0.214. The Kier molecular flexibility index (Phi) is 4.78. The van der Waals surface area contributed by atoms with E-state index in [1.165, 1.54) is 0 Å². The standard InChI is InChI=1S/C19H22N6O2/c1-27-17-7-3-2-5-15(17)23-19(26)22-14-8-11-24(12-9-14)18-16-6-4-10-25(16)21-13-20-18/h2-7,10,13-14H,8-9,11-12H2,1H3,(H2,22,23,26). The average Bonchev–Trinajstić information content (AvgIpc) is 3.18. The van der Waals surface area contributed by atoms with Gasteiger partial charge in [-0.05, 0) is 37.1 Å². The number of fused-ring (bicyclic) bond motifs is 1. The molecule has 0 aliphatic carbocycles. The number of benzene rings is 1. The van der Waals surface area contributed by atoms with Crippen molar-refractivity contribution in [3.05, 3.63) is 48.9 Å². The zero-order valence-electron chi connectivity index (χ0n) is 15.1. The third kappa shape index (κ3) is 3.64. The Balaban J connectivity index is 1.34. The number of nitrogens with one attached hydrogen (secondary N) is 2. The molecule has 1 saturated heterocycles. The molecule has 140 valence electrons. The van der Waals surface area contributed by atoms with Gasteiger partial charge >= 0.3 is 6.03 Å². The van der Waals surface area contributed by atoms with Gasteiger partial charge in [-0.3, -0.25) is 0 Å². The number of rotatable bonds is 4. The van der Waals surface area contributed by atoms with Gasteiger partial charge in [0.05, 0.1) is 12.8 Å². The van der Waals surface area contributed by atoms with Crippen LogP contribution in [0.2, 0.25) is 0 Å². The molecule has 3 aromatic rings. The van der Waals surface area contributed by atoms with Crippen molar-refractivity contribution in [2.45, 2.75) is 18.9 Å². The van der Waals surface area contributed by atoms with Crippen molar-refractivity contribution in [2.75, 3.05) is 30.4 Å². The number of hydrogen-bond donors (Lipinski definition) is 2. The second-order valence-electron chi connectivity index (χ2n) is 6.48. The summed E-state index contributed by atoms with van der Waals surface area (Å²) in [5.74, 6) is 1.58. The van der Waals surface area contributed by atoms with Crippen molar-refractivity contribution in [3.63, 3.8) is 0 Å². The van der Waals surface area contributed by atoms with Crippen LogP contribution in [-0.2, 0) is 0 Å². The molecule has 1 aliphatic rings. The molecular formula is C19H22N6O2. The summed E-state index contributed by atoms with van der Waals surface area (Å²) < 4.78 is 7.09. The maximum Gasteiger partial charge on any atom is 0.319 e. The lowest BCUT2D eigenvalue weighted by Crippen LogP contribution is -2.46. The number of anilines is 2. The number of carbonyl (C=O) groups excluding carboxylic acids is 1. The van der Waals surface area contributed by atoms with Crippen molar-refractivity contribution < 1.29 is 9.53 Å². The second kappa shape index (κ2) is 7.53. The number of aromatic nitrogens is 3. The highest BCUT2D eigenvalue weighted by Gasteiger charge is 2.23. The third-order valence-corrected chi connectivity index (χ3v) is 4.80. The van der Waals surface area contributed by atoms with Crippen LogP contribution in [0.1, 0.15) is 12.8 Å². The quantitative estimate of drug-likeness (QED) is 0.741. The fraction of sp³-hybridized carbons (Fsp3) is 0.316. The van der Waals surface area contributed by atoms with Gasteiger partial charge in [-0.25, -0.2) is 14.3 Å². The Morgan fingerprint density at radius 3 is 2.81 bits per heavy atom. The highest BCUT2D eigenvalue weighted by atomic mass is 16.5. The number of methoxy groups -OCH3 is 1. The Bertz CT molecular complexity index is 933. The Hall–Kier alpha value is -3.29. The van der Waals surface area contributed by atoms with Gasteiger partial charge in [0, 0.05) is 25.3 Å². The van der Waals surface area contributed by atoms with E-state index in [2.05, 4.69) is 25.6 Å². The van der Waals surface area contributed by atoms with Gasteiger partial charge in [0.1, 0.15) is 17.6 Å². The predicted octanol–water partition coefficient (Wildman–Crippen LogP) is 2.53. The first-order chi connectivity index (χ1) is 13.2. The summed E-state index contributed by atoms with van der Waals surface area (Å²) in [6, 6.07) is 11.3. The van der Waals surface area contributed by atoms with E-state index in [1.54, 1.807) is 13.4 Å². The summed E-state index contributed by atoms with van der Waals surface area (Å²) in [5.41, 5.74) is 1.66. The minimum absolute atomic E-state index is 0.126. The first kappa shape index (κ1) is 17.1. The number of nitrogens with zero attached hydrogens (tertiary/aromatic N) is 4. The lowest BCUT2D eigenvalue weighted by atomic mass is 10.1. The molecule has 3 heterocycles. The number of ether oxygens (including phenoxy) is 1. The first-order valence-electron chi connectivity index (χ1n) is 8.98. The number of piperidine rings is 1. The van der Waals surface area contributed by atoms with Crippen molar-refractivity contribution in [2.24, 2.45) is 0 Å². The highest BCUT2D eigenvalue weighted by molar-refractivity contribution is 5.91. The topological polar surface area (TPSA) is 83.8 Å². The van der Waals surface area contributed by atoms with Crippen LogP contribution in [0.4, 0.5) is 16.3 Å². The number of carbonyl (C=O) groups is 1. The van der Waals surface area contributed by atoms with Crippen LogP contribution in [0.25, 0.3) is 5.52 Å². The van der Waals surface area contributed by atoms with Crippen molar-refractivity contribution >= 4 is 23.1 Å². The SMILES string of the molecule is COc1ccccc1NC(=O)NC1CCN(c2ncnn3cccc23)CC1. The lowest BCUT2D eigenvalue weighted by Gasteiger charge is -2.33. The van der Waals surface area contributed by atoms with E-state index in [-0.39, 0.29) is 12.1 Å². The van der Waals surface area contributed by atoms with Gasteiger partial charge < -0.3 is 20.3 Å². The molecular weight excluding hydrogens is 344 g/mol. The Morgan fingerprint density at radius 1 is 1.19 bits per heavy atom. The van der Waals surface area contributed by atoms with Crippen LogP contribution in [0.3, 0.4) is 0 Å². The maximum atomic E-state index is 12.3. The Labute approximate surface area is 157 Å². The van der Waals surface area contributed by atoms with Gasteiger partial charge in [0.2, 0.25) is 0 Å². The molecule has 4 rings (SSSR count). The van der Waals surface area contributed by atoms with Gasteiger partial charge in [-0.2, -0.15) is 5.10 Å². The molecule has 8 heteroatoms. The molecule has 1 aliphatic heterocycles. The monoisotopic (exact) mass is 366 g/mol. The van der Waals surface area contributed by atoms with E-state index in [1.807, 2.05) is 47.1 Å². The number of hydrogen-bond acceptors (Lipinski definition) is 5. The smallest absolute Gasteiger partial charge is 0.319 e. The van der Waals surface area contributed by atoms with E-state index in [0.29, 0.717) is 11.4 Å². The van der Waals surface area contributed by atoms with Crippen molar-refractivity contribution in [1.82, 2.24) is 19.9 Å². The molecule has 0 saturated carbocycles. The lowest BCUT2D eigenvalue weighted by molar-refractivity contribution is 0.246. The fourth-order valence-electron chi connectivity index (χ4n) is 3.42. The molecule has 8 nitrogen and oxygen atoms in total. The van der Waals surface area contributed by atoms with Gasteiger partial charge in [0.15, 0.2) is 5.82 Å². The molecule has 0 spiro atoms. The summed E-state index contributed by atoms with van der Waals surface area (Å²) in [6.07, 6.45) is 5.21. The maximum absolute atomic E-state index is 12.3. The molecule has 27 heavy (non-hydrogen) atoms. The molecule has 1 aromatic carbocycles. The normalized spacial score (nSPS) is 14.9. The van der Waals surface area contributed by atoms with E-state index < -0.39 is 0 Å². The van der Waals surface area contributed by atoms with Crippen LogP contribution in [0.5, 0.6) is 5.75 Å². The second-order valence-corrected chi connectivity index (χ2v) is 6.48. The minimum Gasteiger partial charge on any atom is -0.495 e. The van der Waals surface area contributed by atoms with Crippen LogP contribution >= 0.6 is 0 Å². The molecule has 2 N–H and O–H groups in total. The number of para-hydroxylation sites is 2. The molecule has 2 amide bonds. The number of amides is 2. The van der Waals surface area contributed by atoms with Crippen molar-refractivity contribution in [1.29, 1.82) is 0 Å². The van der Waals surface area contributed by atoms with Gasteiger partial charge in [0.25, 0.3) is 0 Å². The molecule has 0 bridgehead atoms. The first-order valence-corrected chi connectivity index (χ1v) is 8.98. The van der Waals surface area contributed by atoms with E-state index in [9.17, 15) is 4.79 Å². The Morgan fingerprint density at radius 2 is 2.00 bits per heavy atom. The highest BCUT2D eigenvalue weighted by Crippen LogP contribution is 2.24. The zero-order valence-corrected chi connectivity index (χ0v) is 15.1. The zero-order chi connectivity index (χ0) is 18.6. The van der Waals surface area contributed by atoms with Gasteiger partial charge in [-0.15, -0.1) is 0 Å². The fourth-order valence-corrected chi connectivity index (χ4v) is 3.42. The summed E-state index contributed by atoms with van der Waals surface area (Å²) in [5, 5.41) is 10.1. The van der Waals surface area contributed by atoms with Crippen LogP contribution in [0.15, 0.2) is 48.9 Å². The van der Waals surface area contributed by atoms with Crippen molar-refractivity contribution in [3.8, 4) is 5.75 Å². The predicted molar refractivity (Wildman–Crippen MR) is 103 cm³/mol. The summed E-state index contributed by atoms with van der Waals surface area (Å²) in [7, 11) is 1.59. The molecule has 0 radical (unpaired) electrons. The van der Waals surface area contributed by atoms with E-state index >= 15 is 0 Å². The average molecular weight is 366 g/mol. The number of urea groups is 1. The van der Waals surface area contributed by atoms with Crippen LogP contribution in [0, 0.1) is 0 Å². The molecule has 0 unspecified atom stereocenters. The molecule has 2 aromatic heterocycles. The molecule has 1 fully saturated rings. The van der Waals surface area contributed by atoms with Crippen LogP contribution < -0.4 is 20.3 Å². The summed E-state index contributed by atoms with van der Waals surface area (Å²) in [6.45, 7) is 1.66. The van der Waals surface area contributed by atoms with E-state index in [4.69, 9.17) is 4.74 Å². The van der Waals surface area contributed by atoms with E-state index in [0.717, 1.165) is 37.3 Å². The van der Waals surface area contributed by atoms with Gasteiger partial charge in [-0.1, -0.05) is 12.1 Å². The van der Waals surface area contributed by atoms with Crippen LogP contribution in [-0.4, -0.2) is 46.9 Å².